The fraction of sp³-hybridized carbons (Fsp3) is 1.00. The molecule has 0 radical (unpaired) electrons. The molecule has 3 atom stereocenters. The summed E-state index contributed by atoms with van der Waals surface area (Å²) in [5.41, 5.74) is 0. The summed E-state index contributed by atoms with van der Waals surface area (Å²) in [5, 5.41) is 3.55. The van der Waals surface area contributed by atoms with Gasteiger partial charge in [-0.15, -0.1) is 0 Å². The fourth-order valence-electron chi connectivity index (χ4n) is 2.86. The van der Waals surface area contributed by atoms with Crippen molar-refractivity contribution in [2.45, 2.75) is 38.8 Å². The minimum Gasteiger partial charge on any atom is -0.311 e. The number of nitrogens with one attached hydrogen (secondary N) is 1. The largest absolute Gasteiger partial charge is 0.311 e. The third-order valence-corrected chi connectivity index (χ3v) is 6.04. The van der Waals surface area contributed by atoms with Crippen molar-refractivity contribution >= 4 is 9.84 Å². The predicted molar refractivity (Wildman–Crippen MR) is 69.9 cm³/mol. The van der Waals surface area contributed by atoms with Crippen LogP contribution in [0.5, 0.6) is 0 Å². The van der Waals surface area contributed by atoms with E-state index >= 15 is 0 Å². The second-order valence-corrected chi connectivity index (χ2v) is 7.73. The van der Waals surface area contributed by atoms with Gasteiger partial charge in [-0.2, -0.15) is 0 Å². The van der Waals surface area contributed by atoms with Gasteiger partial charge in [0.15, 0.2) is 9.84 Å². The Morgan fingerprint density at radius 3 is 2.82 bits per heavy atom. The van der Waals surface area contributed by atoms with Crippen LogP contribution in [0.1, 0.15) is 26.7 Å². The summed E-state index contributed by atoms with van der Waals surface area (Å²) in [6.45, 7) is 7.48. The second-order valence-electron chi connectivity index (χ2n) is 5.50. The van der Waals surface area contributed by atoms with Gasteiger partial charge in [0.1, 0.15) is 0 Å². The van der Waals surface area contributed by atoms with Crippen molar-refractivity contribution in [3.8, 4) is 0 Å². The molecular formula is C12H24N2O2S. The maximum atomic E-state index is 11.5. The normalized spacial score (nSPS) is 35.9. The van der Waals surface area contributed by atoms with Crippen molar-refractivity contribution in [2.24, 2.45) is 5.92 Å². The van der Waals surface area contributed by atoms with Crippen LogP contribution in [0.25, 0.3) is 0 Å². The van der Waals surface area contributed by atoms with Crippen LogP contribution in [-0.4, -0.2) is 56.5 Å². The molecule has 0 aromatic carbocycles. The molecule has 2 aliphatic rings. The Kier molecular flexibility index (Phi) is 4.10. The van der Waals surface area contributed by atoms with E-state index in [2.05, 4.69) is 24.1 Å². The van der Waals surface area contributed by atoms with Gasteiger partial charge in [0.2, 0.25) is 0 Å². The summed E-state index contributed by atoms with van der Waals surface area (Å²) in [6, 6.07) is 0.797. The molecule has 17 heavy (non-hydrogen) atoms. The predicted octanol–water partition coefficient (Wildman–Crippen LogP) is 0.493. The van der Waals surface area contributed by atoms with E-state index < -0.39 is 9.84 Å². The highest BCUT2D eigenvalue weighted by molar-refractivity contribution is 7.91. The highest BCUT2D eigenvalue weighted by atomic mass is 32.2. The lowest BCUT2D eigenvalue weighted by molar-refractivity contribution is 0.132. The number of hydrogen-bond donors (Lipinski definition) is 1. The zero-order valence-electron chi connectivity index (χ0n) is 10.9. The molecule has 2 rings (SSSR count). The smallest absolute Gasteiger partial charge is 0.151 e. The van der Waals surface area contributed by atoms with Gasteiger partial charge in [0, 0.05) is 31.7 Å². The molecule has 0 aromatic heterocycles. The fourth-order valence-corrected chi connectivity index (χ4v) is 4.62. The van der Waals surface area contributed by atoms with Crippen LogP contribution in [0.15, 0.2) is 0 Å². The van der Waals surface area contributed by atoms with E-state index in [1.165, 1.54) is 6.42 Å². The Morgan fingerprint density at radius 1 is 1.47 bits per heavy atom. The lowest BCUT2D eigenvalue weighted by Gasteiger charge is -2.39. The van der Waals surface area contributed by atoms with Crippen molar-refractivity contribution in [3.05, 3.63) is 0 Å². The maximum Gasteiger partial charge on any atom is 0.151 e. The number of rotatable bonds is 3. The first kappa shape index (κ1) is 13.3. The van der Waals surface area contributed by atoms with Crippen molar-refractivity contribution in [1.82, 2.24) is 10.2 Å². The first-order valence-electron chi connectivity index (χ1n) is 6.69. The van der Waals surface area contributed by atoms with E-state index in [1.807, 2.05) is 0 Å². The van der Waals surface area contributed by atoms with Crippen molar-refractivity contribution in [2.75, 3.05) is 31.1 Å². The number of sulfone groups is 1. The minimum absolute atomic E-state index is 0.272. The molecule has 3 unspecified atom stereocenters. The Balaban J connectivity index is 1.94. The number of hydrogen-bond acceptors (Lipinski definition) is 4. The third kappa shape index (κ3) is 3.20. The molecule has 0 saturated carbocycles. The molecule has 0 aliphatic carbocycles. The van der Waals surface area contributed by atoms with E-state index in [4.69, 9.17) is 0 Å². The van der Waals surface area contributed by atoms with E-state index in [9.17, 15) is 8.42 Å². The Hall–Kier alpha value is -0.130. The van der Waals surface area contributed by atoms with Crippen LogP contribution in [0, 0.1) is 5.92 Å². The van der Waals surface area contributed by atoms with Crippen molar-refractivity contribution in [3.63, 3.8) is 0 Å². The average molecular weight is 260 g/mol. The Bertz CT molecular complexity index is 356. The summed E-state index contributed by atoms with van der Waals surface area (Å²) < 4.78 is 23.0. The molecule has 1 N–H and O–H groups in total. The quantitative estimate of drug-likeness (QED) is 0.802. The summed E-state index contributed by atoms with van der Waals surface area (Å²) >= 11 is 0. The monoisotopic (exact) mass is 260 g/mol. The first-order chi connectivity index (χ1) is 8.02. The number of piperazine rings is 1. The van der Waals surface area contributed by atoms with Gasteiger partial charge in [-0.05, 0) is 12.3 Å². The molecule has 2 aliphatic heterocycles. The van der Waals surface area contributed by atoms with Gasteiger partial charge < -0.3 is 5.32 Å². The third-order valence-electron chi connectivity index (χ3n) is 4.29. The Morgan fingerprint density at radius 2 is 2.24 bits per heavy atom. The summed E-state index contributed by atoms with van der Waals surface area (Å²) in [4.78, 5) is 2.39. The van der Waals surface area contributed by atoms with Gasteiger partial charge in [-0.3, -0.25) is 4.90 Å². The summed E-state index contributed by atoms with van der Waals surface area (Å²) in [6.07, 6.45) is 2.00. The summed E-state index contributed by atoms with van der Waals surface area (Å²) in [7, 11) is -2.75. The average Bonchev–Trinajstić information content (AvgIpc) is 2.69. The molecule has 2 fully saturated rings. The molecule has 5 heteroatoms. The molecule has 4 nitrogen and oxygen atoms in total. The zero-order valence-corrected chi connectivity index (χ0v) is 11.7. The van der Waals surface area contributed by atoms with Crippen molar-refractivity contribution < 1.29 is 8.42 Å². The summed E-state index contributed by atoms with van der Waals surface area (Å²) in [5.74, 6) is 1.42. The zero-order chi connectivity index (χ0) is 12.5. The topological polar surface area (TPSA) is 49.4 Å². The molecule has 0 bridgehead atoms. The second kappa shape index (κ2) is 5.24. The van der Waals surface area contributed by atoms with Crippen LogP contribution in [0.3, 0.4) is 0 Å². The lowest BCUT2D eigenvalue weighted by atomic mass is 9.96. The molecule has 0 amide bonds. The highest BCUT2D eigenvalue weighted by Gasteiger charge is 2.35. The van der Waals surface area contributed by atoms with E-state index in [1.54, 1.807) is 0 Å². The lowest BCUT2D eigenvalue weighted by Crippen LogP contribution is -2.56. The molecule has 2 heterocycles. The molecule has 2 saturated heterocycles. The van der Waals surface area contributed by atoms with E-state index in [0.717, 1.165) is 26.1 Å². The standard InChI is InChI=1S/C12H24N2O2S/c1-3-10(2)12-8-14(6-5-13-12)11-4-7-17(15,16)9-11/h10-13H,3-9H2,1-2H3. The van der Waals surface area contributed by atoms with Gasteiger partial charge in [0.25, 0.3) is 0 Å². The molecule has 100 valence electrons. The van der Waals surface area contributed by atoms with Gasteiger partial charge >= 0.3 is 0 Å². The van der Waals surface area contributed by atoms with Crippen LogP contribution < -0.4 is 5.32 Å². The van der Waals surface area contributed by atoms with Gasteiger partial charge in [0.05, 0.1) is 11.5 Å². The SMILES string of the molecule is CCC(C)C1CN(C2CCS(=O)(=O)C2)CCN1. The molecule has 0 aromatic rings. The van der Waals surface area contributed by atoms with Crippen LogP contribution >= 0.6 is 0 Å². The molecule has 0 spiro atoms. The van der Waals surface area contributed by atoms with Crippen LogP contribution in [0.4, 0.5) is 0 Å². The van der Waals surface area contributed by atoms with E-state index in [-0.39, 0.29) is 6.04 Å². The van der Waals surface area contributed by atoms with Gasteiger partial charge in [-0.25, -0.2) is 8.42 Å². The van der Waals surface area contributed by atoms with Gasteiger partial charge in [-0.1, -0.05) is 20.3 Å². The number of nitrogens with zero attached hydrogens (tertiary/aromatic N) is 1. The minimum atomic E-state index is -2.75. The first-order valence-corrected chi connectivity index (χ1v) is 8.52. The van der Waals surface area contributed by atoms with Crippen molar-refractivity contribution in [1.29, 1.82) is 0 Å². The Labute approximate surface area is 105 Å². The maximum absolute atomic E-state index is 11.5. The van der Waals surface area contributed by atoms with E-state index in [0.29, 0.717) is 23.5 Å². The molecular weight excluding hydrogens is 236 g/mol. The van der Waals surface area contributed by atoms with Crippen LogP contribution in [-0.2, 0) is 9.84 Å². The highest BCUT2D eigenvalue weighted by Crippen LogP contribution is 2.21. The van der Waals surface area contributed by atoms with Crippen LogP contribution in [0.2, 0.25) is 0 Å².